The number of alkyl halides is 1. The van der Waals surface area contributed by atoms with Gasteiger partial charge in [-0.1, -0.05) is 0 Å². The molecule has 13 heavy (non-hydrogen) atoms. The average molecular weight is 186 g/mol. The summed E-state index contributed by atoms with van der Waals surface area (Å²) < 4.78 is 14.6. The quantitative estimate of drug-likeness (QED) is 0.681. The van der Waals surface area contributed by atoms with Gasteiger partial charge in [0.25, 0.3) is 0 Å². The first-order valence-electron chi connectivity index (χ1n) is 4.21. The van der Waals surface area contributed by atoms with Crippen LogP contribution in [0.15, 0.2) is 12.3 Å². The fraction of sp³-hybridized carbons (Fsp3) is 0.625. The Morgan fingerprint density at radius 1 is 1.62 bits per heavy atom. The van der Waals surface area contributed by atoms with E-state index in [1.807, 2.05) is 7.05 Å². The molecule has 1 unspecified atom stereocenters. The molecule has 1 aromatic heterocycles. The summed E-state index contributed by atoms with van der Waals surface area (Å²) in [7, 11) is 3.52. The summed E-state index contributed by atoms with van der Waals surface area (Å²) >= 11 is 0. The minimum Gasteiger partial charge on any atom is -0.351 e. The number of halogens is 1. The van der Waals surface area contributed by atoms with Gasteiger partial charge >= 0.3 is 0 Å². The molecule has 0 aliphatic heterocycles. The van der Waals surface area contributed by atoms with E-state index < -0.39 is 12.3 Å². The molecule has 1 heterocycles. The van der Waals surface area contributed by atoms with Gasteiger partial charge in [0.05, 0.1) is 0 Å². The number of nitrogens with zero attached hydrogens (tertiary/aromatic N) is 2. The van der Waals surface area contributed by atoms with E-state index in [1.54, 1.807) is 24.0 Å². The van der Waals surface area contributed by atoms with E-state index in [1.165, 1.54) is 6.92 Å². The molecule has 0 radical (unpaired) electrons. The number of rotatable bonds is 4. The van der Waals surface area contributed by atoms with Gasteiger partial charge in [-0.15, -0.1) is 0 Å². The van der Waals surface area contributed by atoms with Crippen molar-refractivity contribution in [2.45, 2.75) is 19.3 Å². The van der Waals surface area contributed by atoms with Crippen LogP contribution in [-0.2, 0) is 7.05 Å². The molecule has 0 bridgehead atoms. The average Bonchev–Trinajstić information content (AvgIpc) is 2.46. The summed E-state index contributed by atoms with van der Waals surface area (Å²) in [6.45, 7) is 1.50. The molecule has 74 valence electrons. The molecule has 2 N–H and O–H groups in total. The highest BCUT2D eigenvalue weighted by molar-refractivity contribution is 5.33. The van der Waals surface area contributed by atoms with Crippen molar-refractivity contribution in [3.8, 4) is 0 Å². The molecular formula is C8H15FN4. The first kappa shape index (κ1) is 9.98. The Morgan fingerprint density at radius 2 is 2.31 bits per heavy atom. The van der Waals surface area contributed by atoms with Gasteiger partial charge in [0.1, 0.15) is 18.2 Å². The smallest absolute Gasteiger partial charge is 0.149 e. The Kier molecular flexibility index (Phi) is 3.25. The lowest BCUT2D eigenvalue weighted by Gasteiger charge is -2.18. The Labute approximate surface area is 77.1 Å². The first-order chi connectivity index (χ1) is 6.13. The third-order valence-electron chi connectivity index (χ3n) is 1.79. The fourth-order valence-electron chi connectivity index (χ4n) is 1.07. The summed E-state index contributed by atoms with van der Waals surface area (Å²) in [6, 6.07) is 1.80. The van der Waals surface area contributed by atoms with Crippen LogP contribution in [0.1, 0.15) is 6.92 Å². The van der Waals surface area contributed by atoms with Crippen molar-refractivity contribution in [1.29, 1.82) is 0 Å². The molecule has 0 aliphatic carbocycles. The Morgan fingerprint density at radius 3 is 2.69 bits per heavy atom. The zero-order valence-electron chi connectivity index (χ0n) is 8.08. The Bertz CT molecular complexity index is 258. The van der Waals surface area contributed by atoms with E-state index in [2.05, 4.69) is 15.7 Å². The van der Waals surface area contributed by atoms with E-state index in [4.69, 9.17) is 0 Å². The zero-order chi connectivity index (χ0) is 9.84. The van der Waals surface area contributed by atoms with E-state index >= 15 is 0 Å². The third-order valence-corrected chi connectivity index (χ3v) is 1.79. The topological polar surface area (TPSA) is 41.9 Å². The number of anilines is 1. The minimum absolute atomic E-state index is 0.394. The molecule has 0 aromatic carbocycles. The molecule has 0 fully saturated rings. The van der Waals surface area contributed by atoms with Gasteiger partial charge in [-0.2, -0.15) is 5.10 Å². The second-order valence-electron chi connectivity index (χ2n) is 2.96. The van der Waals surface area contributed by atoms with Gasteiger partial charge < -0.3 is 5.32 Å². The molecule has 0 saturated heterocycles. The summed E-state index contributed by atoms with van der Waals surface area (Å²) in [6.07, 6.45) is 0.444. The minimum atomic E-state index is -0.966. The Balaban J connectivity index is 2.56. The van der Waals surface area contributed by atoms with E-state index in [-0.39, 0.29) is 0 Å². The van der Waals surface area contributed by atoms with Crippen molar-refractivity contribution in [2.24, 2.45) is 7.05 Å². The Hall–Kier alpha value is -1.10. The maximum Gasteiger partial charge on any atom is 0.149 e. The molecule has 0 spiro atoms. The lowest BCUT2D eigenvalue weighted by molar-refractivity contribution is 0.297. The first-order valence-corrected chi connectivity index (χ1v) is 4.21. The van der Waals surface area contributed by atoms with Gasteiger partial charge in [0.15, 0.2) is 0 Å². The summed E-state index contributed by atoms with van der Waals surface area (Å²) in [5.41, 5.74) is 0. The van der Waals surface area contributed by atoms with Crippen LogP contribution >= 0.6 is 0 Å². The van der Waals surface area contributed by atoms with Gasteiger partial charge in [-0.05, 0) is 14.0 Å². The number of hydrogen-bond donors (Lipinski definition) is 2. The van der Waals surface area contributed by atoms with Crippen LogP contribution < -0.4 is 10.6 Å². The largest absolute Gasteiger partial charge is 0.351 e. The van der Waals surface area contributed by atoms with E-state index in [9.17, 15) is 4.39 Å². The number of hydrogen-bond acceptors (Lipinski definition) is 3. The molecule has 4 nitrogen and oxygen atoms in total. The normalized spacial score (nSPS) is 15.4. The number of aromatic nitrogens is 2. The molecular weight excluding hydrogens is 171 g/mol. The lowest BCUT2D eigenvalue weighted by atomic mass is 10.3. The number of aryl methyl sites for hydroxylation is 1. The second-order valence-corrected chi connectivity index (χ2v) is 2.96. The van der Waals surface area contributed by atoms with Gasteiger partial charge in [0.2, 0.25) is 0 Å². The molecule has 0 aliphatic rings. The third kappa shape index (κ3) is 2.69. The van der Waals surface area contributed by atoms with Crippen molar-refractivity contribution in [1.82, 2.24) is 15.1 Å². The maximum atomic E-state index is 12.9. The van der Waals surface area contributed by atoms with Crippen LogP contribution in [0.25, 0.3) is 0 Å². The maximum absolute atomic E-state index is 12.9. The van der Waals surface area contributed by atoms with Crippen molar-refractivity contribution in [2.75, 3.05) is 12.4 Å². The fourth-order valence-corrected chi connectivity index (χ4v) is 1.07. The van der Waals surface area contributed by atoms with Crippen molar-refractivity contribution >= 4 is 5.82 Å². The second kappa shape index (κ2) is 4.23. The predicted octanol–water partition coefficient (Wildman–Crippen LogP) is 0.735. The molecule has 1 rings (SSSR count). The zero-order valence-corrected chi connectivity index (χ0v) is 8.08. The van der Waals surface area contributed by atoms with Crippen LogP contribution in [-0.4, -0.2) is 29.2 Å². The molecule has 0 saturated carbocycles. The summed E-state index contributed by atoms with van der Waals surface area (Å²) in [4.78, 5) is 0. The molecule has 1 aromatic rings. The lowest BCUT2D eigenvalue weighted by Crippen LogP contribution is -2.40. The highest BCUT2D eigenvalue weighted by Crippen LogP contribution is 2.05. The highest BCUT2D eigenvalue weighted by Gasteiger charge is 2.14. The molecule has 2 atom stereocenters. The van der Waals surface area contributed by atoms with Gasteiger partial charge in [-0.3, -0.25) is 10.00 Å². The van der Waals surface area contributed by atoms with E-state index in [0.717, 1.165) is 0 Å². The van der Waals surface area contributed by atoms with Crippen LogP contribution in [0.5, 0.6) is 0 Å². The van der Waals surface area contributed by atoms with Crippen LogP contribution in [0, 0.1) is 0 Å². The van der Waals surface area contributed by atoms with Gasteiger partial charge in [0, 0.05) is 19.3 Å². The SMILES string of the molecule is CNC(Nc1ccn(C)n1)[C@@H](C)F. The van der Waals surface area contributed by atoms with E-state index in [0.29, 0.717) is 5.82 Å². The van der Waals surface area contributed by atoms with Gasteiger partial charge in [-0.25, -0.2) is 4.39 Å². The predicted molar refractivity (Wildman–Crippen MR) is 50.2 cm³/mol. The van der Waals surface area contributed by atoms with Crippen molar-refractivity contribution in [3.63, 3.8) is 0 Å². The van der Waals surface area contributed by atoms with Crippen LogP contribution in [0.4, 0.5) is 10.2 Å². The number of nitrogens with one attached hydrogen (secondary N) is 2. The van der Waals surface area contributed by atoms with Crippen molar-refractivity contribution < 1.29 is 4.39 Å². The molecule has 5 heteroatoms. The van der Waals surface area contributed by atoms with Crippen LogP contribution in [0.2, 0.25) is 0 Å². The van der Waals surface area contributed by atoms with Crippen molar-refractivity contribution in [3.05, 3.63) is 12.3 Å². The highest BCUT2D eigenvalue weighted by atomic mass is 19.1. The standard InChI is InChI=1S/C8H15FN4/c1-6(9)8(10-2)11-7-4-5-13(3)12-7/h4-6,8,10H,1-3H3,(H,11,12)/t6-,8?/m1/s1. The van der Waals surface area contributed by atoms with Crippen LogP contribution in [0.3, 0.4) is 0 Å². The summed E-state index contributed by atoms with van der Waals surface area (Å²) in [5.74, 6) is 0.673. The summed E-state index contributed by atoms with van der Waals surface area (Å²) in [5, 5.41) is 9.83. The monoisotopic (exact) mass is 186 g/mol. The molecule has 0 amide bonds.